The molecule has 0 spiro atoms. The fourth-order valence-corrected chi connectivity index (χ4v) is 5.87. The van der Waals surface area contributed by atoms with Crippen molar-refractivity contribution in [3.05, 3.63) is 94.8 Å². The molecule has 0 radical (unpaired) electrons. The van der Waals surface area contributed by atoms with Crippen LogP contribution in [-0.4, -0.2) is 65.5 Å². The molecule has 1 aromatic heterocycles. The Morgan fingerprint density at radius 2 is 1.49 bits per heavy atom. The molecular formula is C34H39N3O4. The van der Waals surface area contributed by atoms with Crippen molar-refractivity contribution in [1.29, 1.82) is 0 Å². The van der Waals surface area contributed by atoms with E-state index in [0.29, 0.717) is 49.5 Å². The molecule has 5 rings (SSSR count). The monoisotopic (exact) mass is 553 g/mol. The maximum absolute atomic E-state index is 13.1. The zero-order valence-electron chi connectivity index (χ0n) is 24.1. The molecule has 1 amide bonds. The zero-order chi connectivity index (χ0) is 28.8. The van der Waals surface area contributed by atoms with Gasteiger partial charge >= 0.3 is 0 Å². The molecule has 0 bridgehead atoms. The van der Waals surface area contributed by atoms with Crippen LogP contribution >= 0.6 is 0 Å². The number of aryl methyl sites for hydroxylation is 1. The number of nitrogens with zero attached hydrogens (tertiary/aromatic N) is 3. The van der Waals surface area contributed by atoms with Crippen LogP contribution < -0.4 is 4.74 Å². The highest BCUT2D eigenvalue weighted by molar-refractivity contribution is 5.99. The predicted octanol–water partition coefficient (Wildman–Crippen LogP) is 5.62. The number of Topliss-reactive ketones (excluding diaryl/α,β-unsaturated/α-hetero) is 2. The molecule has 41 heavy (non-hydrogen) atoms. The van der Waals surface area contributed by atoms with E-state index < -0.39 is 0 Å². The number of ether oxygens (including phenoxy) is 1. The van der Waals surface area contributed by atoms with Crippen LogP contribution in [0.2, 0.25) is 0 Å². The van der Waals surface area contributed by atoms with Gasteiger partial charge in [0.05, 0.1) is 12.7 Å². The average molecular weight is 554 g/mol. The quantitative estimate of drug-likeness (QED) is 0.320. The lowest BCUT2D eigenvalue weighted by molar-refractivity contribution is 0.0649. The Kier molecular flexibility index (Phi) is 9.24. The molecule has 0 N–H and O–H groups in total. The Labute approximate surface area is 242 Å². The summed E-state index contributed by atoms with van der Waals surface area (Å²) in [6.45, 7) is 5.93. The molecule has 214 valence electrons. The molecule has 3 heterocycles. The number of hydrogen-bond acceptors (Lipinski definition) is 6. The Morgan fingerprint density at radius 1 is 0.829 bits per heavy atom. The van der Waals surface area contributed by atoms with E-state index >= 15 is 0 Å². The summed E-state index contributed by atoms with van der Waals surface area (Å²) in [5.41, 5.74) is 4.04. The average Bonchev–Trinajstić information content (AvgIpc) is 3.02. The lowest BCUT2D eigenvalue weighted by Crippen LogP contribution is -2.40. The highest BCUT2D eigenvalue weighted by Gasteiger charge is 2.29. The molecule has 0 atom stereocenters. The molecule has 7 nitrogen and oxygen atoms in total. The number of pyridine rings is 1. The van der Waals surface area contributed by atoms with E-state index in [0.717, 1.165) is 49.4 Å². The van der Waals surface area contributed by atoms with Crippen molar-refractivity contribution < 1.29 is 19.1 Å². The lowest BCUT2D eigenvalue weighted by atomic mass is 9.88. The number of piperidine rings is 2. The van der Waals surface area contributed by atoms with Gasteiger partial charge in [-0.3, -0.25) is 24.3 Å². The van der Waals surface area contributed by atoms with Crippen molar-refractivity contribution in [3.8, 4) is 5.75 Å². The third kappa shape index (κ3) is 7.27. The standard InChI is InChI=1S/C34H39N3O4/c1-24-3-7-27(8-4-24)33(39)28-15-19-37(20-16-28)34(40)29-9-12-31(35-22-29)32(38)21-25-13-17-36(18-14-25)23-26-5-10-30(41-2)11-6-26/h3-12,22,25,28H,13-21,23H2,1-2H3. The van der Waals surface area contributed by atoms with E-state index in [1.807, 2.05) is 43.3 Å². The third-order valence-corrected chi connectivity index (χ3v) is 8.53. The first-order valence-corrected chi connectivity index (χ1v) is 14.6. The Balaban J connectivity index is 1.06. The van der Waals surface area contributed by atoms with E-state index in [1.165, 1.54) is 11.8 Å². The molecule has 2 aliphatic rings. The first-order chi connectivity index (χ1) is 19.9. The molecular weight excluding hydrogens is 514 g/mol. The topological polar surface area (TPSA) is 79.8 Å². The van der Waals surface area contributed by atoms with Gasteiger partial charge < -0.3 is 9.64 Å². The number of likely N-dealkylation sites (tertiary alicyclic amines) is 2. The maximum atomic E-state index is 13.1. The van der Waals surface area contributed by atoms with Crippen molar-refractivity contribution in [2.45, 2.75) is 45.6 Å². The van der Waals surface area contributed by atoms with Crippen molar-refractivity contribution in [2.75, 3.05) is 33.3 Å². The second-order valence-electron chi connectivity index (χ2n) is 11.4. The Bertz CT molecular complexity index is 1340. The van der Waals surface area contributed by atoms with Crippen LogP contribution in [0.25, 0.3) is 0 Å². The zero-order valence-corrected chi connectivity index (χ0v) is 24.1. The van der Waals surface area contributed by atoms with Crippen LogP contribution in [0.5, 0.6) is 5.75 Å². The fourth-order valence-electron chi connectivity index (χ4n) is 5.87. The first-order valence-electron chi connectivity index (χ1n) is 14.6. The Morgan fingerprint density at radius 3 is 2.10 bits per heavy atom. The number of carbonyl (C=O) groups is 3. The van der Waals surface area contributed by atoms with Crippen molar-refractivity contribution >= 4 is 17.5 Å². The number of ketones is 2. The number of benzene rings is 2. The fraction of sp³-hybridized carbons (Fsp3) is 0.412. The summed E-state index contributed by atoms with van der Waals surface area (Å²) < 4.78 is 5.24. The molecule has 0 aliphatic carbocycles. The molecule has 2 aliphatic heterocycles. The summed E-state index contributed by atoms with van der Waals surface area (Å²) in [4.78, 5) is 47.5. The molecule has 2 fully saturated rings. The number of amides is 1. The summed E-state index contributed by atoms with van der Waals surface area (Å²) in [6.07, 6.45) is 5.29. The van der Waals surface area contributed by atoms with E-state index in [-0.39, 0.29) is 23.4 Å². The number of aromatic nitrogens is 1. The van der Waals surface area contributed by atoms with Gasteiger partial charge in [0.2, 0.25) is 0 Å². The van der Waals surface area contributed by atoms with Crippen molar-refractivity contribution in [1.82, 2.24) is 14.8 Å². The summed E-state index contributed by atoms with van der Waals surface area (Å²) >= 11 is 0. The minimum atomic E-state index is -0.0954. The van der Waals surface area contributed by atoms with Gasteiger partial charge in [0.1, 0.15) is 11.4 Å². The molecule has 7 heteroatoms. The number of carbonyl (C=O) groups excluding carboxylic acids is 3. The smallest absolute Gasteiger partial charge is 0.255 e. The van der Waals surface area contributed by atoms with Gasteiger partial charge in [0.25, 0.3) is 5.91 Å². The van der Waals surface area contributed by atoms with E-state index in [9.17, 15) is 14.4 Å². The highest BCUT2D eigenvalue weighted by Crippen LogP contribution is 2.25. The van der Waals surface area contributed by atoms with E-state index in [1.54, 1.807) is 24.1 Å². The van der Waals surface area contributed by atoms with Crippen molar-refractivity contribution in [2.24, 2.45) is 11.8 Å². The van der Waals surface area contributed by atoms with Crippen LogP contribution in [0, 0.1) is 18.8 Å². The minimum Gasteiger partial charge on any atom is -0.497 e. The van der Waals surface area contributed by atoms with Gasteiger partial charge in [-0.15, -0.1) is 0 Å². The van der Waals surface area contributed by atoms with Gasteiger partial charge in [0, 0.05) is 43.7 Å². The van der Waals surface area contributed by atoms with Gasteiger partial charge in [-0.05, 0) is 81.4 Å². The normalized spacial score (nSPS) is 16.9. The number of hydrogen-bond donors (Lipinski definition) is 0. The van der Waals surface area contributed by atoms with E-state index in [2.05, 4.69) is 22.0 Å². The summed E-state index contributed by atoms with van der Waals surface area (Å²) in [7, 11) is 1.67. The molecule has 3 aromatic rings. The van der Waals surface area contributed by atoms with Crippen LogP contribution in [0.3, 0.4) is 0 Å². The summed E-state index contributed by atoms with van der Waals surface area (Å²) in [5, 5.41) is 0. The van der Waals surface area contributed by atoms with Crippen molar-refractivity contribution in [3.63, 3.8) is 0 Å². The second kappa shape index (κ2) is 13.2. The van der Waals surface area contributed by atoms with Gasteiger partial charge in [-0.2, -0.15) is 0 Å². The predicted molar refractivity (Wildman–Crippen MR) is 158 cm³/mol. The second-order valence-corrected chi connectivity index (χ2v) is 11.4. The maximum Gasteiger partial charge on any atom is 0.255 e. The first kappa shape index (κ1) is 28.7. The molecule has 0 unspecified atom stereocenters. The number of rotatable bonds is 9. The summed E-state index contributed by atoms with van der Waals surface area (Å²) in [5.74, 6) is 1.25. The van der Waals surface area contributed by atoms with Gasteiger partial charge in [0.15, 0.2) is 11.6 Å². The van der Waals surface area contributed by atoms with Crippen LogP contribution in [0.4, 0.5) is 0 Å². The van der Waals surface area contributed by atoms with Crippen LogP contribution in [0.1, 0.15) is 74.4 Å². The Hall–Kier alpha value is -3.84. The molecule has 2 aromatic carbocycles. The molecule has 2 saturated heterocycles. The third-order valence-electron chi connectivity index (χ3n) is 8.53. The highest BCUT2D eigenvalue weighted by atomic mass is 16.5. The van der Waals surface area contributed by atoms with Gasteiger partial charge in [-0.1, -0.05) is 42.0 Å². The minimum absolute atomic E-state index is 0.0352. The van der Waals surface area contributed by atoms with Crippen LogP contribution in [-0.2, 0) is 6.54 Å². The SMILES string of the molecule is COc1ccc(CN2CCC(CC(=O)c3ccc(C(=O)N4CCC(C(=O)c5ccc(C)cc5)CC4)cn3)CC2)cc1. The lowest BCUT2D eigenvalue weighted by Gasteiger charge is -2.31. The number of methoxy groups -OCH3 is 1. The summed E-state index contributed by atoms with van der Waals surface area (Å²) in [6, 6.07) is 19.3. The largest absolute Gasteiger partial charge is 0.497 e. The van der Waals surface area contributed by atoms with E-state index in [4.69, 9.17) is 4.74 Å². The van der Waals surface area contributed by atoms with Gasteiger partial charge in [-0.25, -0.2) is 0 Å². The van der Waals surface area contributed by atoms with Crippen LogP contribution in [0.15, 0.2) is 66.9 Å². The molecule has 0 saturated carbocycles.